The Balaban J connectivity index is 1.81. The molecule has 1 amide bonds. The third-order valence-corrected chi connectivity index (χ3v) is 3.29. The topological polar surface area (TPSA) is 96.7 Å². The van der Waals surface area contributed by atoms with Gasteiger partial charge in [-0.05, 0) is 30.5 Å². The molecule has 0 aliphatic heterocycles. The zero-order chi connectivity index (χ0) is 13.5. The quantitative estimate of drug-likeness (QED) is 0.766. The highest BCUT2D eigenvalue weighted by molar-refractivity contribution is 5.96. The molecule has 1 aliphatic carbocycles. The highest BCUT2D eigenvalue weighted by Gasteiger charge is 2.46. The van der Waals surface area contributed by atoms with E-state index < -0.39 is 5.54 Å². The molecule has 0 radical (unpaired) electrons. The minimum absolute atomic E-state index is 0.0624. The summed E-state index contributed by atoms with van der Waals surface area (Å²) in [5.41, 5.74) is 6.05. The van der Waals surface area contributed by atoms with Crippen LogP contribution in [-0.4, -0.2) is 21.3 Å². The van der Waals surface area contributed by atoms with Crippen LogP contribution >= 0.6 is 0 Å². The van der Waals surface area contributed by atoms with Gasteiger partial charge in [-0.15, -0.1) is 10.2 Å². The fourth-order valence-electron chi connectivity index (χ4n) is 2.06. The van der Waals surface area contributed by atoms with Crippen molar-refractivity contribution in [2.24, 2.45) is 0 Å². The molecule has 6 nitrogen and oxygen atoms in total. The van der Waals surface area contributed by atoms with Gasteiger partial charge in [0.1, 0.15) is 5.82 Å². The maximum Gasteiger partial charge on any atom is 0.276 e. The van der Waals surface area contributed by atoms with Crippen molar-refractivity contribution < 1.29 is 9.18 Å². The summed E-state index contributed by atoms with van der Waals surface area (Å²) in [6.07, 6.45) is 1.62. The molecule has 1 aromatic heterocycles. The molecule has 1 aliphatic rings. The van der Waals surface area contributed by atoms with Crippen LogP contribution in [-0.2, 0) is 5.54 Å². The molecule has 0 saturated heterocycles. The number of rotatable bonds is 3. The van der Waals surface area contributed by atoms with Crippen molar-refractivity contribution >= 4 is 11.7 Å². The number of aromatic amines is 1. The first-order chi connectivity index (χ1) is 9.11. The number of nitrogen functional groups attached to an aromatic ring is 1. The van der Waals surface area contributed by atoms with Gasteiger partial charge in [0.25, 0.3) is 5.91 Å². The zero-order valence-corrected chi connectivity index (χ0v) is 9.98. The monoisotopic (exact) mass is 261 g/mol. The highest BCUT2D eigenvalue weighted by Crippen LogP contribution is 2.45. The molecule has 7 heteroatoms. The van der Waals surface area contributed by atoms with Crippen LogP contribution < -0.4 is 11.1 Å². The average molecular weight is 261 g/mol. The van der Waals surface area contributed by atoms with Gasteiger partial charge in [0.2, 0.25) is 0 Å². The lowest BCUT2D eigenvalue weighted by molar-refractivity contribution is 0.0926. The van der Waals surface area contributed by atoms with Crippen molar-refractivity contribution in [1.29, 1.82) is 0 Å². The van der Waals surface area contributed by atoms with Crippen LogP contribution in [0.3, 0.4) is 0 Å². The van der Waals surface area contributed by atoms with Gasteiger partial charge in [-0.2, -0.15) is 5.21 Å². The molecule has 3 rings (SSSR count). The van der Waals surface area contributed by atoms with Gasteiger partial charge in [-0.25, -0.2) is 4.39 Å². The van der Waals surface area contributed by atoms with Crippen molar-refractivity contribution in [3.63, 3.8) is 0 Å². The summed E-state index contributed by atoms with van der Waals surface area (Å²) in [4.78, 5) is 12.0. The Kier molecular flexibility index (Phi) is 2.48. The molecule has 0 spiro atoms. The number of amides is 1. The van der Waals surface area contributed by atoms with Gasteiger partial charge in [0, 0.05) is 0 Å². The lowest BCUT2D eigenvalue weighted by Crippen LogP contribution is -2.35. The fraction of sp³-hybridized carbons (Fsp3) is 0.250. The summed E-state index contributed by atoms with van der Waals surface area (Å²) in [6, 6.07) is 6.11. The normalized spacial score (nSPS) is 16.1. The summed E-state index contributed by atoms with van der Waals surface area (Å²) < 4.78 is 12.9. The van der Waals surface area contributed by atoms with E-state index in [2.05, 4.69) is 20.7 Å². The molecule has 1 fully saturated rings. The van der Waals surface area contributed by atoms with Crippen molar-refractivity contribution in [3.05, 3.63) is 41.3 Å². The van der Waals surface area contributed by atoms with Gasteiger partial charge in [0.15, 0.2) is 11.5 Å². The number of carbonyl (C=O) groups is 1. The second-order valence-corrected chi connectivity index (χ2v) is 4.60. The van der Waals surface area contributed by atoms with E-state index in [1.165, 1.54) is 12.1 Å². The molecule has 19 heavy (non-hydrogen) atoms. The van der Waals surface area contributed by atoms with Crippen LogP contribution in [0.5, 0.6) is 0 Å². The van der Waals surface area contributed by atoms with Crippen LogP contribution in [0.2, 0.25) is 0 Å². The van der Waals surface area contributed by atoms with E-state index in [0.29, 0.717) is 0 Å². The fourth-order valence-corrected chi connectivity index (χ4v) is 2.06. The molecule has 1 heterocycles. The lowest BCUT2D eigenvalue weighted by Gasteiger charge is -2.17. The Morgan fingerprint density at radius 2 is 2.00 bits per heavy atom. The Labute approximate surface area is 108 Å². The number of nitrogens with zero attached hydrogens (tertiary/aromatic N) is 2. The summed E-state index contributed by atoms with van der Waals surface area (Å²) >= 11 is 0. The van der Waals surface area contributed by atoms with Crippen molar-refractivity contribution in [1.82, 2.24) is 20.7 Å². The maximum absolute atomic E-state index is 12.9. The molecule has 0 atom stereocenters. The highest BCUT2D eigenvalue weighted by atomic mass is 19.1. The molecule has 0 bridgehead atoms. The van der Waals surface area contributed by atoms with Gasteiger partial charge in [-0.1, -0.05) is 12.1 Å². The number of anilines is 1. The Morgan fingerprint density at radius 3 is 2.53 bits per heavy atom. The number of benzene rings is 1. The summed E-state index contributed by atoms with van der Waals surface area (Å²) in [7, 11) is 0. The van der Waals surface area contributed by atoms with E-state index in [1.54, 1.807) is 12.1 Å². The molecule has 1 saturated carbocycles. The van der Waals surface area contributed by atoms with Crippen LogP contribution in [0.25, 0.3) is 0 Å². The van der Waals surface area contributed by atoms with Crippen LogP contribution in [0.15, 0.2) is 24.3 Å². The Hall–Kier alpha value is -2.44. The first-order valence-electron chi connectivity index (χ1n) is 5.85. The second-order valence-electron chi connectivity index (χ2n) is 4.60. The first kappa shape index (κ1) is 11.6. The molecule has 2 aromatic rings. The van der Waals surface area contributed by atoms with Crippen LogP contribution in [0.1, 0.15) is 28.9 Å². The minimum atomic E-state index is -0.434. The van der Waals surface area contributed by atoms with E-state index >= 15 is 0 Å². The molecule has 98 valence electrons. The number of nitrogens with two attached hydrogens (primary N) is 1. The number of hydrogen-bond donors (Lipinski definition) is 3. The molecular formula is C12H12FN5O. The molecule has 0 unspecified atom stereocenters. The van der Waals surface area contributed by atoms with E-state index in [0.717, 1.165) is 18.4 Å². The van der Waals surface area contributed by atoms with Gasteiger partial charge in [-0.3, -0.25) is 4.79 Å². The number of hydrogen-bond acceptors (Lipinski definition) is 4. The Morgan fingerprint density at radius 1 is 1.32 bits per heavy atom. The predicted octanol–water partition coefficient (Wildman–Crippen LogP) is 0.945. The van der Waals surface area contributed by atoms with Gasteiger partial charge < -0.3 is 11.1 Å². The Bertz CT molecular complexity index is 617. The van der Waals surface area contributed by atoms with E-state index in [1.807, 2.05) is 0 Å². The zero-order valence-electron chi connectivity index (χ0n) is 9.98. The minimum Gasteiger partial charge on any atom is -0.380 e. The predicted molar refractivity (Wildman–Crippen MR) is 65.6 cm³/mol. The van der Waals surface area contributed by atoms with Crippen molar-refractivity contribution in [3.8, 4) is 0 Å². The second kappa shape index (κ2) is 4.04. The number of aromatic nitrogens is 3. The van der Waals surface area contributed by atoms with Crippen molar-refractivity contribution in [2.75, 3.05) is 5.73 Å². The first-order valence-corrected chi connectivity index (χ1v) is 5.85. The summed E-state index contributed by atoms with van der Waals surface area (Å²) in [5.74, 6) is -0.618. The number of halogens is 1. The van der Waals surface area contributed by atoms with E-state index in [4.69, 9.17) is 5.73 Å². The maximum atomic E-state index is 12.9. The standard InChI is InChI=1S/C12H12FN5O/c13-8-3-1-7(2-4-8)12(5-6-12)15-11(19)9-10(14)17-18-16-9/h1-4H,5-6H2,(H,15,19)(H3,14,16,17,18). The SMILES string of the molecule is Nc1n[nH]nc1C(=O)NC1(c2ccc(F)cc2)CC1. The smallest absolute Gasteiger partial charge is 0.276 e. The molecular weight excluding hydrogens is 249 g/mol. The van der Waals surface area contributed by atoms with Gasteiger partial charge >= 0.3 is 0 Å². The largest absolute Gasteiger partial charge is 0.380 e. The van der Waals surface area contributed by atoms with Gasteiger partial charge in [0.05, 0.1) is 5.54 Å². The lowest BCUT2D eigenvalue weighted by atomic mass is 10.0. The number of nitrogens with one attached hydrogen (secondary N) is 2. The molecule has 4 N–H and O–H groups in total. The van der Waals surface area contributed by atoms with E-state index in [9.17, 15) is 9.18 Å². The van der Waals surface area contributed by atoms with Crippen LogP contribution in [0.4, 0.5) is 10.2 Å². The van der Waals surface area contributed by atoms with E-state index in [-0.39, 0.29) is 23.2 Å². The number of carbonyl (C=O) groups excluding carboxylic acids is 1. The van der Waals surface area contributed by atoms with Crippen LogP contribution in [0, 0.1) is 5.82 Å². The number of H-pyrrole nitrogens is 1. The third-order valence-electron chi connectivity index (χ3n) is 3.29. The third kappa shape index (κ3) is 2.03. The molecule has 1 aromatic carbocycles. The van der Waals surface area contributed by atoms with Crippen molar-refractivity contribution in [2.45, 2.75) is 18.4 Å². The average Bonchev–Trinajstić information content (AvgIpc) is 3.03. The summed E-state index contributed by atoms with van der Waals surface area (Å²) in [5, 5.41) is 12.5. The summed E-state index contributed by atoms with van der Waals surface area (Å²) in [6.45, 7) is 0.